The van der Waals surface area contributed by atoms with Gasteiger partial charge in [0.05, 0.1) is 24.0 Å². The van der Waals surface area contributed by atoms with E-state index in [9.17, 15) is 22.8 Å². The third kappa shape index (κ3) is 5.59. The van der Waals surface area contributed by atoms with Gasteiger partial charge < -0.3 is 14.5 Å². The maximum absolute atomic E-state index is 14.0. The van der Waals surface area contributed by atoms with E-state index in [0.717, 1.165) is 17.8 Å². The van der Waals surface area contributed by atoms with Crippen LogP contribution in [0.25, 0.3) is 0 Å². The summed E-state index contributed by atoms with van der Waals surface area (Å²) < 4.78 is 45.9. The molecule has 3 aromatic rings. The molecule has 0 radical (unpaired) electrons. The van der Waals surface area contributed by atoms with Gasteiger partial charge >= 0.3 is 0 Å². The molecule has 1 fully saturated rings. The number of halogens is 3. The zero-order valence-electron chi connectivity index (χ0n) is 20.2. The maximum atomic E-state index is 14.0. The molecule has 0 saturated carbocycles. The monoisotopic (exact) mass is 520 g/mol. The Morgan fingerprint density at radius 2 is 1.66 bits per heavy atom. The molecule has 0 spiro atoms. The summed E-state index contributed by atoms with van der Waals surface area (Å²) >= 11 is 0. The van der Waals surface area contributed by atoms with Crippen LogP contribution >= 0.6 is 0 Å². The van der Waals surface area contributed by atoms with Crippen molar-refractivity contribution in [3.8, 4) is 11.6 Å². The highest BCUT2D eigenvalue weighted by Crippen LogP contribution is 2.26. The van der Waals surface area contributed by atoms with Crippen LogP contribution in [0, 0.1) is 23.4 Å². The summed E-state index contributed by atoms with van der Waals surface area (Å²) in [6.07, 6.45) is 5.63. The quantitative estimate of drug-likeness (QED) is 0.421. The number of carbonyl (C=O) groups excluding carboxylic acids is 2. The van der Waals surface area contributed by atoms with E-state index >= 15 is 0 Å². The van der Waals surface area contributed by atoms with Gasteiger partial charge in [-0.15, -0.1) is 0 Å². The van der Waals surface area contributed by atoms with Crippen molar-refractivity contribution in [3.63, 3.8) is 0 Å². The molecule has 2 aromatic carbocycles. The Balaban J connectivity index is 1.19. The van der Waals surface area contributed by atoms with Crippen LogP contribution in [0.15, 0.2) is 77.7 Å². The number of nitrogens with zero attached hydrogens (tertiary/aromatic N) is 4. The molecule has 2 aliphatic heterocycles. The minimum absolute atomic E-state index is 0.130. The van der Waals surface area contributed by atoms with Crippen molar-refractivity contribution >= 4 is 23.6 Å². The number of Topliss-reactive ketones (excluding diaryl/α,β-unsaturated/α-hetero) is 1. The van der Waals surface area contributed by atoms with E-state index in [1.807, 2.05) is 4.90 Å². The molecule has 7 nitrogen and oxygen atoms in total. The molecule has 10 heteroatoms. The number of anilines is 1. The lowest BCUT2D eigenvalue weighted by Gasteiger charge is -2.32. The Morgan fingerprint density at radius 3 is 2.34 bits per heavy atom. The highest BCUT2D eigenvalue weighted by atomic mass is 19.1. The van der Waals surface area contributed by atoms with Gasteiger partial charge in [-0.3, -0.25) is 14.6 Å². The molecule has 1 amide bonds. The van der Waals surface area contributed by atoms with Crippen LogP contribution in [0.1, 0.15) is 23.2 Å². The Hall–Kier alpha value is -4.47. The van der Waals surface area contributed by atoms with Crippen molar-refractivity contribution in [1.29, 1.82) is 0 Å². The van der Waals surface area contributed by atoms with Gasteiger partial charge in [-0.1, -0.05) is 0 Å². The van der Waals surface area contributed by atoms with Crippen LogP contribution in [0.3, 0.4) is 0 Å². The summed E-state index contributed by atoms with van der Waals surface area (Å²) in [4.78, 5) is 37.8. The van der Waals surface area contributed by atoms with Crippen molar-refractivity contribution in [2.24, 2.45) is 10.9 Å². The molecular formula is C28H23F3N4O3. The number of hydrogen-bond donors (Lipinski definition) is 0. The molecule has 0 unspecified atom stereocenters. The molecule has 2 aliphatic rings. The van der Waals surface area contributed by atoms with Gasteiger partial charge in [0.2, 0.25) is 5.88 Å². The second-order valence-corrected chi connectivity index (χ2v) is 8.94. The number of rotatable bonds is 6. The van der Waals surface area contributed by atoms with Crippen LogP contribution in [-0.4, -0.2) is 47.4 Å². The lowest BCUT2D eigenvalue weighted by Crippen LogP contribution is -2.41. The van der Waals surface area contributed by atoms with Gasteiger partial charge in [-0.2, -0.15) is 0 Å². The summed E-state index contributed by atoms with van der Waals surface area (Å²) in [6.45, 7) is 1.08. The zero-order valence-corrected chi connectivity index (χ0v) is 20.2. The van der Waals surface area contributed by atoms with E-state index in [1.54, 1.807) is 35.6 Å². The average Bonchev–Trinajstić information content (AvgIpc) is 2.94. The largest absolute Gasteiger partial charge is 0.439 e. The van der Waals surface area contributed by atoms with Crippen molar-refractivity contribution in [3.05, 3.63) is 95.7 Å². The fraction of sp³-hybridized carbons (Fsp3) is 0.214. The Kier molecular flexibility index (Phi) is 7.21. The molecule has 1 aromatic heterocycles. The van der Waals surface area contributed by atoms with Crippen molar-refractivity contribution in [2.45, 2.75) is 12.8 Å². The molecular weight excluding hydrogens is 497 g/mol. The minimum atomic E-state index is -0.875. The molecule has 3 heterocycles. The first-order chi connectivity index (χ1) is 18.4. The minimum Gasteiger partial charge on any atom is -0.439 e. The van der Waals surface area contributed by atoms with Crippen molar-refractivity contribution < 1.29 is 27.5 Å². The second kappa shape index (κ2) is 10.9. The number of pyridine rings is 1. The molecule has 1 saturated heterocycles. The third-order valence-electron chi connectivity index (χ3n) is 6.44. The van der Waals surface area contributed by atoms with E-state index in [1.165, 1.54) is 24.3 Å². The number of hydrogen-bond acceptors (Lipinski definition) is 6. The standard InChI is InChI=1S/C28H23F3N4O3/c29-19-1-5-22(6-2-19)38-26-8-4-21(16-33-26)35-14-11-32-25(17-35)28(37)34-12-9-18(10-13-34)27(36)23-7-3-20(30)15-24(23)31/h1-8,11,15-18H,9-10,12-14H2. The molecule has 194 valence electrons. The average molecular weight is 521 g/mol. The molecule has 0 N–H and O–H groups in total. The fourth-order valence-corrected chi connectivity index (χ4v) is 4.39. The summed E-state index contributed by atoms with van der Waals surface area (Å²) in [5.41, 5.74) is 0.838. The predicted octanol–water partition coefficient (Wildman–Crippen LogP) is 5.14. The molecule has 0 bridgehead atoms. The van der Waals surface area contributed by atoms with E-state index in [0.29, 0.717) is 50.2 Å². The van der Waals surface area contributed by atoms with Gasteiger partial charge in [-0.25, -0.2) is 18.2 Å². The van der Waals surface area contributed by atoms with Crippen LogP contribution in [0.2, 0.25) is 0 Å². The number of piperidine rings is 1. The van der Waals surface area contributed by atoms with E-state index in [2.05, 4.69) is 9.98 Å². The number of aromatic nitrogens is 1. The molecule has 0 atom stereocenters. The fourth-order valence-electron chi connectivity index (χ4n) is 4.39. The number of amides is 1. The number of aliphatic imine (C=N–C) groups is 1. The van der Waals surface area contributed by atoms with Gasteiger partial charge in [0.15, 0.2) is 5.78 Å². The first kappa shape index (κ1) is 25.2. The van der Waals surface area contributed by atoms with Gasteiger partial charge in [0.25, 0.3) is 5.91 Å². The molecule has 5 rings (SSSR count). The van der Waals surface area contributed by atoms with Gasteiger partial charge in [-0.05, 0) is 55.3 Å². The molecule has 38 heavy (non-hydrogen) atoms. The second-order valence-electron chi connectivity index (χ2n) is 8.94. The number of benzene rings is 2. The normalized spacial score (nSPS) is 15.8. The van der Waals surface area contributed by atoms with Crippen LogP contribution < -0.4 is 9.64 Å². The number of carbonyl (C=O) groups is 2. The summed E-state index contributed by atoms with van der Waals surface area (Å²) in [7, 11) is 0. The van der Waals surface area contributed by atoms with E-state index in [4.69, 9.17) is 4.74 Å². The van der Waals surface area contributed by atoms with Gasteiger partial charge in [0, 0.05) is 43.6 Å². The highest BCUT2D eigenvalue weighted by molar-refractivity contribution is 5.99. The van der Waals surface area contributed by atoms with Crippen molar-refractivity contribution in [1.82, 2.24) is 9.88 Å². The lowest BCUT2D eigenvalue weighted by atomic mass is 9.88. The smallest absolute Gasteiger partial charge is 0.273 e. The Labute approximate surface area is 216 Å². The summed E-state index contributed by atoms with van der Waals surface area (Å²) in [5, 5.41) is 0. The van der Waals surface area contributed by atoms with Gasteiger partial charge in [0.1, 0.15) is 28.9 Å². The van der Waals surface area contributed by atoms with Crippen LogP contribution in [-0.2, 0) is 4.79 Å². The maximum Gasteiger partial charge on any atom is 0.273 e. The van der Waals surface area contributed by atoms with Crippen molar-refractivity contribution in [2.75, 3.05) is 24.5 Å². The van der Waals surface area contributed by atoms with Crippen LogP contribution in [0.5, 0.6) is 11.6 Å². The SMILES string of the molecule is O=C(c1ccc(F)cc1F)C1CCN(C(=O)C2=CN(c3ccc(Oc4ccc(F)cc4)nc3)CC=N2)CC1. The zero-order chi connectivity index (χ0) is 26.6. The number of ether oxygens (including phenoxy) is 1. The summed E-state index contributed by atoms with van der Waals surface area (Å²) in [6, 6.07) is 12.0. The van der Waals surface area contributed by atoms with E-state index in [-0.39, 0.29) is 28.8 Å². The highest BCUT2D eigenvalue weighted by Gasteiger charge is 2.31. The number of ketones is 1. The molecule has 0 aliphatic carbocycles. The lowest BCUT2D eigenvalue weighted by molar-refractivity contribution is -0.128. The first-order valence-corrected chi connectivity index (χ1v) is 12.1. The Bertz CT molecular complexity index is 1400. The third-order valence-corrected chi connectivity index (χ3v) is 6.44. The van der Waals surface area contributed by atoms with Crippen LogP contribution in [0.4, 0.5) is 18.9 Å². The van der Waals surface area contributed by atoms with E-state index < -0.39 is 17.6 Å². The first-order valence-electron chi connectivity index (χ1n) is 12.1. The summed E-state index contributed by atoms with van der Waals surface area (Å²) in [5.74, 6) is -2.27. The Morgan fingerprint density at radius 1 is 0.921 bits per heavy atom. The predicted molar refractivity (Wildman–Crippen MR) is 135 cm³/mol. The topological polar surface area (TPSA) is 75.1 Å². The number of likely N-dealkylation sites (tertiary alicyclic amines) is 1.